The second-order valence-electron chi connectivity index (χ2n) is 6.64. The number of alkyl carbamates (subject to hydrolysis) is 1. The highest BCUT2D eigenvalue weighted by Crippen LogP contribution is 2.33. The van der Waals surface area contributed by atoms with Crippen LogP contribution in [0.1, 0.15) is 26.5 Å². The van der Waals surface area contributed by atoms with Gasteiger partial charge in [0, 0.05) is 6.07 Å². The number of hydrogen-bond donors (Lipinski definition) is 1. The second kappa shape index (κ2) is 9.82. The number of methoxy groups -OCH3 is 1. The summed E-state index contributed by atoms with van der Waals surface area (Å²) in [5, 5.41) is 2.34. The van der Waals surface area contributed by atoms with E-state index >= 15 is 0 Å². The highest BCUT2D eigenvalue weighted by atomic mass is 32.2. The van der Waals surface area contributed by atoms with Crippen LogP contribution in [0, 0.1) is 0 Å². The average molecular weight is 458 g/mol. The number of amides is 1. The van der Waals surface area contributed by atoms with E-state index in [1.165, 1.54) is 0 Å². The molecule has 1 rings (SSSR count). The van der Waals surface area contributed by atoms with E-state index in [4.69, 9.17) is 9.47 Å². The van der Waals surface area contributed by atoms with Gasteiger partial charge in [-0.1, -0.05) is 0 Å². The number of esters is 1. The summed E-state index contributed by atoms with van der Waals surface area (Å²) in [5.41, 5.74) is -6.54. The molecule has 1 amide bonds. The summed E-state index contributed by atoms with van der Waals surface area (Å²) in [5.74, 6) is -2.05. The van der Waals surface area contributed by atoms with Crippen molar-refractivity contribution >= 4 is 22.2 Å². The monoisotopic (exact) mass is 458 g/mol. The maximum atomic E-state index is 12.6. The van der Waals surface area contributed by atoms with Gasteiger partial charge in [-0.2, -0.15) is 21.6 Å². The van der Waals surface area contributed by atoms with Crippen LogP contribution < -0.4 is 14.2 Å². The van der Waals surface area contributed by atoms with E-state index in [1.54, 1.807) is 20.8 Å². The maximum Gasteiger partial charge on any atom is 0.534 e. The van der Waals surface area contributed by atoms with Crippen molar-refractivity contribution in [1.82, 2.24) is 10.3 Å². The fourth-order valence-electron chi connectivity index (χ4n) is 1.75. The van der Waals surface area contributed by atoms with Crippen molar-refractivity contribution in [2.45, 2.75) is 38.3 Å². The van der Waals surface area contributed by atoms with Crippen LogP contribution in [0.3, 0.4) is 0 Å². The molecule has 0 saturated carbocycles. The van der Waals surface area contributed by atoms with Gasteiger partial charge in [-0.15, -0.1) is 0 Å². The topological polar surface area (TPSA) is 130 Å². The molecule has 0 aliphatic carbocycles. The number of carbonyl (C=O) groups is 2. The van der Waals surface area contributed by atoms with E-state index < -0.39 is 51.2 Å². The van der Waals surface area contributed by atoms with E-state index in [0.29, 0.717) is 0 Å². The fourth-order valence-corrected chi connectivity index (χ4v) is 2.21. The molecule has 170 valence electrons. The van der Waals surface area contributed by atoms with Crippen molar-refractivity contribution in [3.8, 4) is 11.5 Å². The van der Waals surface area contributed by atoms with Crippen LogP contribution >= 0.6 is 0 Å². The third-order valence-electron chi connectivity index (χ3n) is 2.95. The van der Waals surface area contributed by atoms with Crippen LogP contribution in [-0.4, -0.2) is 56.8 Å². The lowest BCUT2D eigenvalue weighted by molar-refractivity contribution is -0.139. The first-order valence-electron chi connectivity index (χ1n) is 8.31. The predicted molar refractivity (Wildman–Crippen MR) is 95.3 cm³/mol. The molecular weight excluding hydrogens is 437 g/mol. The Morgan fingerprint density at radius 3 is 2.33 bits per heavy atom. The number of halogens is 3. The molecule has 1 N–H and O–H groups in total. The van der Waals surface area contributed by atoms with Crippen molar-refractivity contribution in [2.75, 3.05) is 20.3 Å². The van der Waals surface area contributed by atoms with Crippen molar-refractivity contribution in [3.05, 3.63) is 18.0 Å². The van der Waals surface area contributed by atoms with Crippen molar-refractivity contribution in [1.29, 1.82) is 0 Å². The van der Waals surface area contributed by atoms with Gasteiger partial charge in [0.1, 0.15) is 12.2 Å². The Kier molecular flexibility index (Phi) is 8.27. The summed E-state index contributed by atoms with van der Waals surface area (Å²) in [6.07, 6.45) is -0.319. The van der Waals surface area contributed by atoms with Crippen LogP contribution in [0.25, 0.3) is 0 Å². The van der Waals surface area contributed by atoms with Gasteiger partial charge in [0.2, 0.25) is 0 Å². The average Bonchev–Trinajstić information content (AvgIpc) is 2.57. The van der Waals surface area contributed by atoms with Crippen molar-refractivity contribution in [3.63, 3.8) is 0 Å². The van der Waals surface area contributed by atoms with Crippen molar-refractivity contribution in [2.24, 2.45) is 0 Å². The van der Waals surface area contributed by atoms with Gasteiger partial charge in [0.15, 0.2) is 11.5 Å². The molecule has 10 nitrogen and oxygen atoms in total. The highest BCUT2D eigenvalue weighted by Gasteiger charge is 2.49. The molecule has 0 atom stereocenters. The summed E-state index contributed by atoms with van der Waals surface area (Å²) >= 11 is 0. The molecule has 0 bridgehead atoms. The first-order chi connectivity index (χ1) is 13.6. The zero-order chi connectivity index (χ0) is 23.2. The quantitative estimate of drug-likeness (QED) is 0.269. The van der Waals surface area contributed by atoms with E-state index in [9.17, 15) is 31.2 Å². The number of nitrogens with zero attached hydrogens (tertiary/aromatic N) is 1. The highest BCUT2D eigenvalue weighted by molar-refractivity contribution is 7.88. The lowest BCUT2D eigenvalue weighted by atomic mass is 10.2. The molecule has 0 saturated heterocycles. The number of pyridine rings is 1. The molecule has 0 aliphatic rings. The molecule has 1 aromatic heterocycles. The maximum absolute atomic E-state index is 12.6. The number of alkyl halides is 3. The molecule has 0 unspecified atom stereocenters. The Labute approximate surface area is 170 Å². The minimum absolute atomic E-state index is 0.117. The summed E-state index contributed by atoms with van der Waals surface area (Å²) in [4.78, 5) is 26.6. The van der Waals surface area contributed by atoms with Gasteiger partial charge in [0.05, 0.1) is 32.0 Å². The first-order valence-corrected chi connectivity index (χ1v) is 9.71. The van der Waals surface area contributed by atoms with Crippen LogP contribution in [0.15, 0.2) is 12.3 Å². The molecule has 0 aromatic carbocycles. The van der Waals surface area contributed by atoms with Crippen LogP contribution in [0.2, 0.25) is 0 Å². The zero-order valence-corrected chi connectivity index (χ0v) is 17.3. The molecule has 0 aliphatic heterocycles. The second-order valence-corrected chi connectivity index (χ2v) is 8.17. The largest absolute Gasteiger partial charge is 0.534 e. The number of ether oxygens (including phenoxy) is 3. The summed E-state index contributed by atoms with van der Waals surface area (Å²) in [6.45, 7) is 4.55. The van der Waals surface area contributed by atoms with E-state index in [2.05, 4.69) is 19.2 Å². The Balaban J connectivity index is 2.93. The molecule has 1 aromatic rings. The number of hydrogen-bond acceptors (Lipinski definition) is 9. The minimum atomic E-state index is -6.00. The number of carbonyl (C=O) groups excluding carboxylic acids is 2. The third kappa shape index (κ3) is 8.31. The Hall–Kier alpha value is -2.77. The van der Waals surface area contributed by atoms with Gasteiger partial charge in [-0.3, -0.25) is 9.78 Å². The molecular formula is C16H21F3N2O8S. The molecule has 30 heavy (non-hydrogen) atoms. The SMILES string of the molecule is COC(=O)Cc1cc(OS(=O)(=O)C(F)(F)F)c(OCCNC(=O)OC(C)(C)C)cn1. The standard InChI is InChI=1S/C16H21F3N2O8S/c1-15(2,3)28-14(23)20-5-6-27-12-9-21-10(8-13(22)26-4)7-11(12)29-30(24,25)16(17,18)19/h7,9H,5-6,8H2,1-4H3,(H,20,23). The minimum Gasteiger partial charge on any atom is -0.486 e. The molecule has 0 spiro atoms. The van der Waals surface area contributed by atoms with E-state index in [1.807, 2.05) is 0 Å². The van der Waals surface area contributed by atoms with E-state index in [0.717, 1.165) is 19.4 Å². The van der Waals surface area contributed by atoms with Crippen LogP contribution in [0.5, 0.6) is 11.5 Å². The summed E-state index contributed by atoms with van der Waals surface area (Å²) < 4.78 is 79.3. The summed E-state index contributed by atoms with van der Waals surface area (Å²) in [6, 6.07) is 0.802. The number of rotatable bonds is 8. The first kappa shape index (κ1) is 25.3. The van der Waals surface area contributed by atoms with Gasteiger partial charge in [0.25, 0.3) is 0 Å². The molecule has 1 heterocycles. The molecule has 14 heteroatoms. The third-order valence-corrected chi connectivity index (χ3v) is 3.92. The fraction of sp³-hybridized carbons (Fsp3) is 0.562. The Morgan fingerprint density at radius 2 is 1.80 bits per heavy atom. The number of nitrogens with one attached hydrogen (secondary N) is 1. The molecule has 0 fully saturated rings. The lowest BCUT2D eigenvalue weighted by Gasteiger charge is -2.19. The lowest BCUT2D eigenvalue weighted by Crippen LogP contribution is -2.34. The van der Waals surface area contributed by atoms with Gasteiger partial charge >= 0.3 is 27.7 Å². The van der Waals surface area contributed by atoms with E-state index in [-0.39, 0.29) is 18.8 Å². The normalized spacial score (nSPS) is 12.1. The number of aromatic nitrogens is 1. The van der Waals surface area contributed by atoms with Crippen LogP contribution in [-0.2, 0) is 30.8 Å². The smallest absolute Gasteiger partial charge is 0.486 e. The zero-order valence-electron chi connectivity index (χ0n) is 16.5. The Morgan fingerprint density at radius 1 is 1.17 bits per heavy atom. The summed E-state index contributed by atoms with van der Waals surface area (Å²) in [7, 11) is -4.92. The van der Waals surface area contributed by atoms with Gasteiger partial charge in [-0.05, 0) is 20.8 Å². The van der Waals surface area contributed by atoms with Crippen LogP contribution in [0.4, 0.5) is 18.0 Å². The Bertz CT molecular complexity index is 866. The van der Waals surface area contributed by atoms with Gasteiger partial charge in [-0.25, -0.2) is 4.79 Å². The molecule has 0 radical (unpaired) electrons. The predicted octanol–water partition coefficient (Wildman–Crippen LogP) is 1.93. The van der Waals surface area contributed by atoms with Gasteiger partial charge < -0.3 is 23.7 Å². The van der Waals surface area contributed by atoms with Crippen molar-refractivity contribution < 1.29 is 49.6 Å².